The molecule has 0 bridgehead atoms. The Morgan fingerprint density at radius 3 is 3.17 bits per heavy atom. The van der Waals surface area contributed by atoms with Gasteiger partial charge in [-0.15, -0.1) is 11.3 Å². The van der Waals surface area contributed by atoms with E-state index in [0.29, 0.717) is 29.7 Å². The summed E-state index contributed by atoms with van der Waals surface area (Å²) in [6.07, 6.45) is 1.25. The van der Waals surface area contributed by atoms with E-state index in [1.807, 2.05) is 16.6 Å². The standard InChI is InChI=1S/C12H19N7O2S2/c1-2-18(10-9(19(20)21)4-3-5-15-10)23-7-8-6-22-12(16-8)17-11(13)14/h6,15H,2-5,7H2,1H3,(H4,13,14,16,17). The molecule has 0 atom stereocenters. The maximum Gasteiger partial charge on any atom is 0.286 e. The Hall–Kier alpha value is -2.01. The SMILES string of the molecule is CCN(SCc1csc(NC(=N)N)n1)C1=C([N+](=O)[O-])CCCN1. The third kappa shape index (κ3) is 4.73. The normalized spacial score (nSPS) is 14.3. The highest BCUT2D eigenvalue weighted by molar-refractivity contribution is 7.96. The average molecular weight is 357 g/mol. The molecule has 9 nitrogen and oxygen atoms in total. The third-order valence-electron chi connectivity index (χ3n) is 3.07. The Balaban J connectivity index is 2.03. The van der Waals surface area contributed by atoms with E-state index in [9.17, 15) is 10.1 Å². The molecule has 11 heteroatoms. The van der Waals surface area contributed by atoms with Crippen molar-refractivity contribution >= 4 is 34.4 Å². The molecule has 0 aromatic carbocycles. The van der Waals surface area contributed by atoms with Crippen molar-refractivity contribution in [3.8, 4) is 0 Å². The molecule has 1 aliphatic heterocycles. The van der Waals surface area contributed by atoms with Crippen molar-refractivity contribution < 1.29 is 4.92 Å². The highest BCUT2D eigenvalue weighted by atomic mass is 32.2. The largest absolute Gasteiger partial charge is 0.370 e. The first-order chi connectivity index (χ1) is 11.0. The van der Waals surface area contributed by atoms with E-state index < -0.39 is 0 Å². The number of thiazole rings is 1. The molecule has 0 saturated carbocycles. The summed E-state index contributed by atoms with van der Waals surface area (Å²) >= 11 is 2.84. The van der Waals surface area contributed by atoms with Crippen LogP contribution in [0.4, 0.5) is 5.13 Å². The summed E-state index contributed by atoms with van der Waals surface area (Å²) < 4.78 is 1.90. The molecule has 0 spiro atoms. The van der Waals surface area contributed by atoms with Gasteiger partial charge in [0, 0.05) is 24.9 Å². The number of nitrogens with two attached hydrogens (primary N) is 1. The molecule has 23 heavy (non-hydrogen) atoms. The van der Waals surface area contributed by atoms with Gasteiger partial charge in [0.15, 0.2) is 16.9 Å². The molecule has 0 unspecified atom stereocenters. The van der Waals surface area contributed by atoms with Crippen molar-refractivity contribution in [3.05, 3.63) is 32.7 Å². The van der Waals surface area contributed by atoms with Crippen LogP contribution in [0.15, 0.2) is 16.9 Å². The molecule has 0 aliphatic carbocycles. The van der Waals surface area contributed by atoms with Crippen molar-refractivity contribution in [2.45, 2.75) is 25.5 Å². The van der Waals surface area contributed by atoms with Crippen molar-refractivity contribution in [1.29, 1.82) is 5.41 Å². The number of nitrogens with zero attached hydrogens (tertiary/aromatic N) is 3. The molecule has 0 fully saturated rings. The second-order valence-corrected chi connectivity index (χ2v) is 6.58. The van der Waals surface area contributed by atoms with Gasteiger partial charge in [-0.1, -0.05) is 0 Å². The molecule has 2 rings (SSSR count). The lowest BCUT2D eigenvalue weighted by atomic mass is 10.2. The molecule has 126 valence electrons. The summed E-state index contributed by atoms with van der Waals surface area (Å²) in [6.45, 7) is 3.35. The molecule has 1 aromatic rings. The lowest BCUT2D eigenvalue weighted by Crippen LogP contribution is -2.34. The number of nitrogens with one attached hydrogen (secondary N) is 3. The summed E-state index contributed by atoms with van der Waals surface area (Å²) in [5.41, 5.74) is 6.34. The number of hydrogen-bond acceptors (Lipinski definition) is 8. The molecule has 1 aromatic heterocycles. The van der Waals surface area contributed by atoms with Gasteiger partial charge in [-0.05, 0) is 25.3 Å². The summed E-state index contributed by atoms with van der Waals surface area (Å²) in [5.74, 6) is 1.02. The van der Waals surface area contributed by atoms with Crippen LogP contribution in [0.25, 0.3) is 0 Å². The predicted molar refractivity (Wildman–Crippen MR) is 92.6 cm³/mol. The van der Waals surface area contributed by atoms with Crippen LogP contribution in [0.2, 0.25) is 0 Å². The first-order valence-corrected chi connectivity index (χ1v) is 8.90. The third-order valence-corrected chi connectivity index (χ3v) is 5.06. The first-order valence-electron chi connectivity index (χ1n) is 7.08. The zero-order valence-electron chi connectivity index (χ0n) is 12.7. The van der Waals surface area contributed by atoms with Gasteiger partial charge in [0.2, 0.25) is 0 Å². The van der Waals surface area contributed by atoms with E-state index in [0.717, 1.165) is 18.7 Å². The molecule has 5 N–H and O–H groups in total. The number of hydrogen-bond donors (Lipinski definition) is 4. The van der Waals surface area contributed by atoms with Gasteiger partial charge in [0.1, 0.15) is 0 Å². The van der Waals surface area contributed by atoms with Gasteiger partial charge in [-0.2, -0.15) is 0 Å². The van der Waals surface area contributed by atoms with Crippen LogP contribution < -0.4 is 16.4 Å². The van der Waals surface area contributed by atoms with Crippen LogP contribution >= 0.6 is 23.3 Å². The van der Waals surface area contributed by atoms with Gasteiger partial charge in [0.05, 0.1) is 16.4 Å². The molecule has 1 aliphatic rings. The molecular weight excluding hydrogens is 338 g/mol. The van der Waals surface area contributed by atoms with E-state index >= 15 is 0 Å². The number of nitro groups is 1. The monoisotopic (exact) mass is 357 g/mol. The van der Waals surface area contributed by atoms with E-state index in [2.05, 4.69) is 15.6 Å². The van der Waals surface area contributed by atoms with Crippen LogP contribution in [0.1, 0.15) is 25.5 Å². The zero-order valence-corrected chi connectivity index (χ0v) is 14.3. The lowest BCUT2D eigenvalue weighted by molar-refractivity contribution is -0.431. The molecular formula is C12H19N7O2S2. The molecule has 0 saturated heterocycles. The predicted octanol–water partition coefficient (Wildman–Crippen LogP) is 1.75. The first kappa shape index (κ1) is 17.3. The van der Waals surface area contributed by atoms with Crippen LogP contribution in [0, 0.1) is 15.5 Å². The summed E-state index contributed by atoms with van der Waals surface area (Å²) in [4.78, 5) is 15.2. The van der Waals surface area contributed by atoms with E-state index in [4.69, 9.17) is 11.1 Å². The summed E-state index contributed by atoms with van der Waals surface area (Å²) in [5, 5.41) is 26.6. The highest BCUT2D eigenvalue weighted by Gasteiger charge is 2.26. The maximum atomic E-state index is 11.2. The second-order valence-electron chi connectivity index (χ2n) is 4.73. The minimum atomic E-state index is -0.303. The van der Waals surface area contributed by atoms with Crippen molar-refractivity contribution in [2.75, 3.05) is 18.4 Å². The Labute approximate surface area is 142 Å². The maximum absolute atomic E-state index is 11.2. The number of aromatic nitrogens is 1. The fourth-order valence-electron chi connectivity index (χ4n) is 2.10. The van der Waals surface area contributed by atoms with Gasteiger partial charge < -0.3 is 16.4 Å². The topological polar surface area (TPSA) is 133 Å². The number of allylic oxidation sites excluding steroid dienone is 1. The Bertz CT molecular complexity index is 616. The quantitative estimate of drug-likeness (QED) is 0.191. The number of guanidine groups is 1. The Morgan fingerprint density at radius 1 is 1.74 bits per heavy atom. The fourth-order valence-corrected chi connectivity index (χ4v) is 3.84. The molecule has 2 heterocycles. The second kappa shape index (κ2) is 8.02. The minimum absolute atomic E-state index is 0.152. The number of anilines is 1. The van der Waals surface area contributed by atoms with E-state index in [1.165, 1.54) is 23.3 Å². The Kier molecular flexibility index (Phi) is 6.04. The van der Waals surface area contributed by atoms with Crippen molar-refractivity contribution in [2.24, 2.45) is 5.73 Å². The smallest absolute Gasteiger partial charge is 0.286 e. The molecule has 0 amide bonds. The van der Waals surface area contributed by atoms with Crippen LogP contribution in [-0.2, 0) is 5.75 Å². The molecule has 0 radical (unpaired) electrons. The van der Waals surface area contributed by atoms with Crippen LogP contribution in [0.5, 0.6) is 0 Å². The van der Waals surface area contributed by atoms with Crippen LogP contribution in [0.3, 0.4) is 0 Å². The van der Waals surface area contributed by atoms with Crippen molar-refractivity contribution in [3.63, 3.8) is 0 Å². The zero-order chi connectivity index (χ0) is 16.8. The van der Waals surface area contributed by atoms with Gasteiger partial charge in [-0.3, -0.25) is 19.8 Å². The summed E-state index contributed by atoms with van der Waals surface area (Å²) in [6, 6.07) is 0. The van der Waals surface area contributed by atoms with Gasteiger partial charge >= 0.3 is 0 Å². The van der Waals surface area contributed by atoms with E-state index in [1.54, 1.807) is 0 Å². The fraction of sp³-hybridized carbons (Fsp3) is 0.500. The number of rotatable bonds is 7. The Morgan fingerprint density at radius 2 is 2.52 bits per heavy atom. The average Bonchev–Trinajstić information content (AvgIpc) is 2.95. The van der Waals surface area contributed by atoms with Crippen LogP contribution in [-0.4, -0.2) is 33.3 Å². The van der Waals surface area contributed by atoms with E-state index in [-0.39, 0.29) is 16.6 Å². The highest BCUT2D eigenvalue weighted by Crippen LogP contribution is 2.27. The van der Waals surface area contributed by atoms with Crippen molar-refractivity contribution in [1.82, 2.24) is 14.6 Å². The minimum Gasteiger partial charge on any atom is -0.370 e. The van der Waals surface area contributed by atoms with Gasteiger partial charge in [0.25, 0.3) is 5.70 Å². The summed E-state index contributed by atoms with van der Waals surface area (Å²) in [7, 11) is 0. The lowest BCUT2D eigenvalue weighted by Gasteiger charge is -2.27. The van der Waals surface area contributed by atoms with Gasteiger partial charge in [-0.25, -0.2) is 4.98 Å².